The first-order valence-corrected chi connectivity index (χ1v) is 6.55. The molecule has 0 spiro atoms. The molecule has 0 aliphatic carbocycles. The molecule has 0 atom stereocenters. The van der Waals surface area contributed by atoms with Gasteiger partial charge in [-0.05, 0) is 29.8 Å². The third kappa shape index (κ3) is 2.72. The van der Waals surface area contributed by atoms with Crippen LogP contribution in [0.3, 0.4) is 0 Å². The zero-order chi connectivity index (χ0) is 14.8. The summed E-state index contributed by atoms with van der Waals surface area (Å²) in [4.78, 5) is 12.2. The van der Waals surface area contributed by atoms with E-state index in [2.05, 4.69) is 10.5 Å². The number of hydrogen-bond donors (Lipinski definition) is 2. The summed E-state index contributed by atoms with van der Waals surface area (Å²) in [5.74, 6) is 0.300. The lowest BCUT2D eigenvalue weighted by atomic mass is 10.1. The summed E-state index contributed by atoms with van der Waals surface area (Å²) in [5.41, 5.74) is 0.884. The molecule has 0 unspecified atom stereocenters. The first-order chi connectivity index (χ1) is 10.1. The van der Waals surface area contributed by atoms with Crippen molar-refractivity contribution in [2.75, 3.05) is 0 Å². The number of carbonyl (C=O) groups is 1. The minimum Gasteiger partial charge on any atom is -0.507 e. The highest BCUT2D eigenvalue weighted by Gasteiger charge is 2.13. The fourth-order valence-corrected chi connectivity index (χ4v) is 2.18. The van der Waals surface area contributed by atoms with Crippen molar-refractivity contribution in [3.63, 3.8) is 0 Å². The Morgan fingerprint density at radius 2 is 1.95 bits per heavy atom. The van der Waals surface area contributed by atoms with E-state index in [0.717, 1.165) is 10.8 Å². The summed E-state index contributed by atoms with van der Waals surface area (Å²) in [6.45, 7) is 2.04. The summed E-state index contributed by atoms with van der Waals surface area (Å²) in [6.07, 6.45) is 0. The van der Waals surface area contributed by atoms with Crippen molar-refractivity contribution in [3.05, 3.63) is 59.5 Å². The van der Waals surface area contributed by atoms with Crippen molar-refractivity contribution in [2.24, 2.45) is 0 Å². The molecule has 3 rings (SSSR count). The highest BCUT2D eigenvalue weighted by molar-refractivity contribution is 6.01. The van der Waals surface area contributed by atoms with Gasteiger partial charge in [-0.2, -0.15) is 0 Å². The second-order valence-electron chi connectivity index (χ2n) is 4.83. The lowest BCUT2D eigenvalue weighted by Gasteiger charge is -2.07. The maximum absolute atomic E-state index is 12.2. The van der Waals surface area contributed by atoms with Gasteiger partial charge in [0.05, 0.1) is 12.1 Å². The molecular formula is C16H14N2O3. The quantitative estimate of drug-likeness (QED) is 0.774. The van der Waals surface area contributed by atoms with E-state index in [4.69, 9.17) is 4.52 Å². The van der Waals surface area contributed by atoms with Gasteiger partial charge < -0.3 is 14.9 Å². The molecule has 3 aromatic rings. The number of nitrogens with one attached hydrogen (secondary N) is 1. The zero-order valence-electron chi connectivity index (χ0n) is 11.5. The van der Waals surface area contributed by atoms with Crippen molar-refractivity contribution in [1.82, 2.24) is 10.5 Å². The first kappa shape index (κ1) is 13.2. The summed E-state index contributed by atoms with van der Waals surface area (Å²) < 4.78 is 4.93. The van der Waals surface area contributed by atoms with Gasteiger partial charge in [-0.25, -0.2) is 0 Å². The molecule has 0 aliphatic heterocycles. The minimum atomic E-state index is -0.348. The molecule has 2 N–H and O–H groups in total. The van der Waals surface area contributed by atoms with Crippen LogP contribution in [0.2, 0.25) is 0 Å². The van der Waals surface area contributed by atoms with Gasteiger partial charge in [0.1, 0.15) is 17.2 Å². The Morgan fingerprint density at radius 1 is 1.24 bits per heavy atom. The van der Waals surface area contributed by atoms with Crippen LogP contribution in [-0.2, 0) is 6.54 Å². The Labute approximate surface area is 121 Å². The molecule has 0 radical (unpaired) electrons. The molecule has 0 saturated carbocycles. The monoisotopic (exact) mass is 282 g/mol. The van der Waals surface area contributed by atoms with Crippen LogP contribution in [0.15, 0.2) is 47.0 Å². The Hall–Kier alpha value is -2.82. The fraction of sp³-hybridized carbons (Fsp3) is 0.125. The van der Waals surface area contributed by atoms with E-state index in [0.29, 0.717) is 11.5 Å². The molecule has 1 amide bonds. The van der Waals surface area contributed by atoms with Crippen molar-refractivity contribution in [2.45, 2.75) is 13.5 Å². The smallest absolute Gasteiger partial charge is 0.255 e. The van der Waals surface area contributed by atoms with Crippen LogP contribution < -0.4 is 5.32 Å². The number of aromatic nitrogens is 1. The minimum absolute atomic E-state index is 0.0393. The number of fused-ring (bicyclic) bond motifs is 1. The van der Waals surface area contributed by atoms with Gasteiger partial charge in [0.2, 0.25) is 0 Å². The van der Waals surface area contributed by atoms with E-state index < -0.39 is 0 Å². The average Bonchev–Trinajstić information content (AvgIpc) is 2.89. The molecule has 21 heavy (non-hydrogen) atoms. The normalized spacial score (nSPS) is 10.7. The summed E-state index contributed by atoms with van der Waals surface area (Å²) in [5, 5.41) is 18.3. The van der Waals surface area contributed by atoms with Crippen LogP contribution in [0.4, 0.5) is 0 Å². The molecule has 1 aromatic heterocycles. The number of aryl methyl sites for hydroxylation is 1. The predicted molar refractivity (Wildman–Crippen MR) is 78.0 cm³/mol. The highest BCUT2D eigenvalue weighted by atomic mass is 16.5. The van der Waals surface area contributed by atoms with E-state index in [1.54, 1.807) is 25.1 Å². The topological polar surface area (TPSA) is 75.4 Å². The first-order valence-electron chi connectivity index (χ1n) is 6.55. The number of benzene rings is 2. The van der Waals surface area contributed by atoms with Crippen LogP contribution in [0.1, 0.15) is 21.8 Å². The number of hydrogen-bond acceptors (Lipinski definition) is 4. The second-order valence-corrected chi connectivity index (χ2v) is 4.83. The fourth-order valence-electron chi connectivity index (χ4n) is 2.18. The number of rotatable bonds is 3. The molecule has 5 heteroatoms. The van der Waals surface area contributed by atoms with Crippen LogP contribution in [0.5, 0.6) is 5.75 Å². The molecule has 0 saturated heterocycles. The Morgan fingerprint density at radius 3 is 2.62 bits per heavy atom. The SMILES string of the molecule is Cc1cc(CNC(=O)c2cc3ccccc3cc2O)no1. The van der Waals surface area contributed by atoms with Gasteiger partial charge in [0.15, 0.2) is 0 Å². The van der Waals surface area contributed by atoms with E-state index >= 15 is 0 Å². The molecule has 0 bridgehead atoms. The maximum atomic E-state index is 12.2. The van der Waals surface area contributed by atoms with Crippen LogP contribution >= 0.6 is 0 Å². The largest absolute Gasteiger partial charge is 0.507 e. The molecule has 106 valence electrons. The van der Waals surface area contributed by atoms with Gasteiger partial charge in [-0.3, -0.25) is 4.79 Å². The van der Waals surface area contributed by atoms with Crippen molar-refractivity contribution in [1.29, 1.82) is 0 Å². The van der Waals surface area contributed by atoms with Crippen molar-refractivity contribution >= 4 is 16.7 Å². The maximum Gasteiger partial charge on any atom is 0.255 e. The van der Waals surface area contributed by atoms with Gasteiger partial charge in [0, 0.05) is 6.07 Å². The number of amides is 1. The molecule has 1 heterocycles. The standard InChI is InChI=1S/C16H14N2O3/c1-10-6-13(18-21-10)9-17-16(20)14-7-11-4-2-3-5-12(11)8-15(14)19/h2-8,19H,9H2,1H3,(H,17,20). The Bertz CT molecular complexity index is 808. The van der Waals surface area contributed by atoms with E-state index in [9.17, 15) is 9.90 Å². The van der Waals surface area contributed by atoms with Gasteiger partial charge in [0.25, 0.3) is 5.91 Å². The Kier molecular flexibility index (Phi) is 3.31. The van der Waals surface area contributed by atoms with Crippen molar-refractivity contribution < 1.29 is 14.4 Å². The summed E-state index contributed by atoms with van der Waals surface area (Å²) in [6, 6.07) is 12.6. The summed E-state index contributed by atoms with van der Waals surface area (Å²) in [7, 11) is 0. The van der Waals surface area contributed by atoms with Crippen LogP contribution in [0.25, 0.3) is 10.8 Å². The molecule has 0 fully saturated rings. The number of phenolic OH excluding ortho intramolecular Hbond substituents is 1. The molecule has 0 aliphatic rings. The molecule has 5 nitrogen and oxygen atoms in total. The Balaban J connectivity index is 1.82. The second kappa shape index (κ2) is 5.28. The number of nitrogens with zero attached hydrogens (tertiary/aromatic N) is 1. The van der Waals surface area contributed by atoms with Gasteiger partial charge in [-0.15, -0.1) is 0 Å². The van der Waals surface area contributed by atoms with E-state index in [-0.39, 0.29) is 23.8 Å². The average molecular weight is 282 g/mol. The zero-order valence-corrected chi connectivity index (χ0v) is 11.5. The molecular weight excluding hydrogens is 268 g/mol. The van der Waals surface area contributed by atoms with Crippen LogP contribution in [0, 0.1) is 6.92 Å². The number of aromatic hydroxyl groups is 1. The third-order valence-electron chi connectivity index (χ3n) is 3.22. The van der Waals surface area contributed by atoms with E-state index in [1.807, 2.05) is 24.3 Å². The van der Waals surface area contributed by atoms with Gasteiger partial charge >= 0.3 is 0 Å². The lowest BCUT2D eigenvalue weighted by molar-refractivity contribution is 0.0947. The van der Waals surface area contributed by atoms with Gasteiger partial charge in [-0.1, -0.05) is 29.4 Å². The lowest BCUT2D eigenvalue weighted by Crippen LogP contribution is -2.23. The highest BCUT2D eigenvalue weighted by Crippen LogP contribution is 2.24. The summed E-state index contributed by atoms with van der Waals surface area (Å²) >= 11 is 0. The predicted octanol–water partition coefficient (Wildman–Crippen LogP) is 2.77. The van der Waals surface area contributed by atoms with E-state index in [1.165, 1.54) is 0 Å². The van der Waals surface area contributed by atoms with Crippen molar-refractivity contribution in [3.8, 4) is 5.75 Å². The number of phenols is 1. The third-order valence-corrected chi connectivity index (χ3v) is 3.22. The van der Waals surface area contributed by atoms with Crippen LogP contribution in [-0.4, -0.2) is 16.2 Å². The number of carbonyl (C=O) groups excluding carboxylic acids is 1. The molecule has 2 aromatic carbocycles.